The Labute approximate surface area is 256 Å². The summed E-state index contributed by atoms with van der Waals surface area (Å²) < 4.78 is 35.1. The van der Waals surface area contributed by atoms with Crippen molar-refractivity contribution in [3.05, 3.63) is 69.7 Å². The lowest BCUT2D eigenvalue weighted by atomic mass is 9.45. The number of nitrogens with zero attached hydrogens (tertiary/aromatic N) is 3. The number of aliphatic hydroxyl groups excluding tert-OH is 1. The molecule has 7 rings (SSSR count). The number of hydrogen-bond acceptors (Lipinski definition) is 8. The van der Waals surface area contributed by atoms with E-state index in [4.69, 9.17) is 4.74 Å². The molecule has 3 saturated carbocycles. The molecule has 3 fully saturated rings. The second-order valence-electron chi connectivity index (χ2n) is 12.9. The monoisotopic (exact) mass is 625 g/mol. The molecule has 11 heteroatoms. The number of aliphatic hydroxyl groups is 1. The number of thioether (sulfide) groups is 1. The van der Waals surface area contributed by atoms with Gasteiger partial charge in [0.25, 0.3) is 0 Å². The molecular formula is C32H33F2N3O4S2. The molecule has 0 saturated heterocycles. The number of thiazole rings is 1. The molecule has 4 aliphatic rings. The summed E-state index contributed by atoms with van der Waals surface area (Å²) in [5, 5.41) is 18.0. The van der Waals surface area contributed by atoms with Crippen molar-refractivity contribution >= 4 is 40.3 Å². The van der Waals surface area contributed by atoms with Crippen LogP contribution in [0.15, 0.2) is 47.6 Å². The van der Waals surface area contributed by atoms with Gasteiger partial charge in [0.2, 0.25) is 10.1 Å². The summed E-state index contributed by atoms with van der Waals surface area (Å²) in [6.45, 7) is 4.18. The molecule has 1 aromatic carbocycles. The standard InChI is InChI=1S/C32H33F2N3O4S2/c1-30-14-18-16-36-37(21-6-4-20(34)5-7-21)24(18)13-19(30)3-8-22-23-9-10-32(29(40)43-17-33,31(23,2)15-25(38)26(22)30)41-28(39)27-35-11-12-42-27/h4-7,11-13,16,22-23,25-26,38H,3,8-10,14-15,17H2,1-2H3/t22?,23-,25-,26+,30-,31-,32-/m0/s1. The first-order valence-corrected chi connectivity index (χ1v) is 16.6. The molecular weight excluding hydrogens is 592 g/mol. The summed E-state index contributed by atoms with van der Waals surface area (Å²) in [7, 11) is 0. The highest BCUT2D eigenvalue weighted by atomic mass is 32.2. The summed E-state index contributed by atoms with van der Waals surface area (Å²) in [5.74, 6) is -0.947. The van der Waals surface area contributed by atoms with Crippen LogP contribution in [0.4, 0.5) is 8.78 Å². The van der Waals surface area contributed by atoms with Gasteiger partial charge in [-0.25, -0.2) is 23.2 Å². The van der Waals surface area contributed by atoms with E-state index in [1.54, 1.807) is 17.5 Å². The van der Waals surface area contributed by atoms with Gasteiger partial charge in [-0.05, 0) is 109 Å². The van der Waals surface area contributed by atoms with Crippen LogP contribution < -0.4 is 0 Å². The molecule has 1 N–H and O–H groups in total. The van der Waals surface area contributed by atoms with Crippen LogP contribution in [0.3, 0.4) is 0 Å². The first-order chi connectivity index (χ1) is 20.6. The molecule has 1 unspecified atom stereocenters. The fourth-order valence-corrected chi connectivity index (χ4v) is 10.4. The average Bonchev–Trinajstić information content (AvgIpc) is 3.71. The lowest BCUT2D eigenvalue weighted by molar-refractivity contribution is -0.174. The zero-order chi connectivity index (χ0) is 30.1. The van der Waals surface area contributed by atoms with Crippen molar-refractivity contribution in [2.75, 3.05) is 6.01 Å². The topological polar surface area (TPSA) is 94.3 Å². The fourth-order valence-electron chi connectivity index (χ4n) is 9.20. The molecule has 4 aliphatic carbocycles. The quantitative estimate of drug-likeness (QED) is 0.328. The Kier molecular flexibility index (Phi) is 6.94. The van der Waals surface area contributed by atoms with Gasteiger partial charge in [-0.15, -0.1) is 11.3 Å². The Morgan fingerprint density at radius 1 is 1.23 bits per heavy atom. The number of hydrogen-bond donors (Lipinski definition) is 1. The van der Waals surface area contributed by atoms with Gasteiger partial charge in [-0.1, -0.05) is 19.4 Å². The van der Waals surface area contributed by atoms with Gasteiger partial charge in [-0.2, -0.15) is 5.10 Å². The number of carbonyl (C=O) groups excluding carboxylic acids is 2. The van der Waals surface area contributed by atoms with Crippen molar-refractivity contribution in [2.24, 2.45) is 28.6 Å². The van der Waals surface area contributed by atoms with E-state index in [0.29, 0.717) is 31.0 Å². The van der Waals surface area contributed by atoms with Crippen LogP contribution in [-0.2, 0) is 16.0 Å². The Bertz CT molecular complexity index is 1610. The maximum atomic E-state index is 13.7. The number of rotatable bonds is 5. The van der Waals surface area contributed by atoms with Crippen LogP contribution >= 0.6 is 23.1 Å². The SMILES string of the molecule is C[C@]12Cc3cnn(-c4ccc(F)cc4)c3C=C1CCC1[C@@H]2[C@@H](O)C[C@@]2(C)[C@H]1CC[C@]2(OC(=O)c1nccs1)C(=O)SCF. The molecule has 0 amide bonds. The predicted molar refractivity (Wildman–Crippen MR) is 160 cm³/mol. The second kappa shape index (κ2) is 10.3. The minimum absolute atomic E-state index is 0.0101. The van der Waals surface area contributed by atoms with Crippen LogP contribution in [0.1, 0.15) is 67.0 Å². The van der Waals surface area contributed by atoms with Gasteiger partial charge >= 0.3 is 5.97 Å². The Hall–Kier alpha value is -2.89. The third-order valence-electron chi connectivity index (χ3n) is 11.0. The van der Waals surface area contributed by atoms with Gasteiger partial charge in [0, 0.05) is 17.0 Å². The molecule has 3 aromatic rings. The van der Waals surface area contributed by atoms with Crippen LogP contribution in [0.5, 0.6) is 0 Å². The maximum absolute atomic E-state index is 13.7. The number of aromatic nitrogens is 3. The minimum Gasteiger partial charge on any atom is -0.444 e. The molecule has 2 heterocycles. The number of carbonyl (C=O) groups is 2. The number of ether oxygens (including phenoxy) is 1. The first-order valence-electron chi connectivity index (χ1n) is 14.7. The third-order valence-corrected chi connectivity index (χ3v) is 12.5. The highest BCUT2D eigenvalue weighted by molar-refractivity contribution is 8.13. The van der Waals surface area contributed by atoms with Crippen molar-refractivity contribution in [1.29, 1.82) is 0 Å². The van der Waals surface area contributed by atoms with Gasteiger partial charge < -0.3 is 9.84 Å². The molecule has 0 aliphatic heterocycles. The van der Waals surface area contributed by atoms with Crippen molar-refractivity contribution in [3.8, 4) is 5.69 Å². The largest absolute Gasteiger partial charge is 0.444 e. The summed E-state index contributed by atoms with van der Waals surface area (Å²) in [4.78, 5) is 31.0. The highest BCUT2D eigenvalue weighted by Gasteiger charge is 2.70. The van der Waals surface area contributed by atoms with E-state index < -0.39 is 34.2 Å². The van der Waals surface area contributed by atoms with E-state index in [2.05, 4.69) is 23.1 Å². The van der Waals surface area contributed by atoms with Crippen molar-refractivity contribution in [2.45, 2.75) is 64.1 Å². The van der Waals surface area contributed by atoms with Crippen molar-refractivity contribution in [1.82, 2.24) is 14.8 Å². The zero-order valence-electron chi connectivity index (χ0n) is 24.0. The number of fused-ring (bicyclic) bond motifs is 6. The molecule has 0 radical (unpaired) electrons. The highest BCUT2D eigenvalue weighted by Crippen LogP contribution is 2.69. The summed E-state index contributed by atoms with van der Waals surface area (Å²) >= 11 is 1.68. The van der Waals surface area contributed by atoms with Crippen molar-refractivity contribution in [3.63, 3.8) is 0 Å². The van der Waals surface area contributed by atoms with E-state index in [0.717, 1.165) is 41.1 Å². The molecule has 7 nitrogen and oxygen atoms in total. The van der Waals surface area contributed by atoms with E-state index in [-0.39, 0.29) is 40.4 Å². The summed E-state index contributed by atoms with van der Waals surface area (Å²) in [6.07, 6.45) is 8.38. The molecule has 2 aromatic heterocycles. The number of allylic oxidation sites excluding steroid dienone is 1. The van der Waals surface area contributed by atoms with Crippen LogP contribution in [-0.4, -0.2) is 48.7 Å². The normalized spacial score (nSPS) is 34.4. The number of benzene rings is 1. The van der Waals surface area contributed by atoms with E-state index in [1.165, 1.54) is 23.9 Å². The Morgan fingerprint density at radius 2 is 2.02 bits per heavy atom. The maximum Gasteiger partial charge on any atom is 0.368 e. The lowest BCUT2D eigenvalue weighted by Crippen LogP contribution is -2.62. The van der Waals surface area contributed by atoms with Gasteiger partial charge in [0.15, 0.2) is 5.60 Å². The third kappa shape index (κ3) is 4.21. The number of esters is 1. The van der Waals surface area contributed by atoms with Crippen molar-refractivity contribution < 1.29 is 28.2 Å². The van der Waals surface area contributed by atoms with Crippen LogP contribution in [0.2, 0.25) is 0 Å². The number of alkyl halides is 1. The Balaban J connectivity index is 1.23. The Morgan fingerprint density at radius 3 is 2.74 bits per heavy atom. The average molecular weight is 626 g/mol. The molecule has 43 heavy (non-hydrogen) atoms. The number of halogens is 2. The lowest BCUT2D eigenvalue weighted by Gasteiger charge is -2.60. The molecule has 0 bridgehead atoms. The zero-order valence-corrected chi connectivity index (χ0v) is 25.6. The van der Waals surface area contributed by atoms with Crippen LogP contribution in [0, 0.1) is 34.4 Å². The van der Waals surface area contributed by atoms with E-state index >= 15 is 0 Å². The van der Waals surface area contributed by atoms with Gasteiger partial charge in [0.1, 0.15) is 11.8 Å². The first kappa shape index (κ1) is 28.9. The van der Waals surface area contributed by atoms with E-state index in [9.17, 15) is 23.5 Å². The summed E-state index contributed by atoms with van der Waals surface area (Å²) in [5.41, 5.74) is 1.38. The summed E-state index contributed by atoms with van der Waals surface area (Å²) in [6, 6.07) is 5.37. The smallest absolute Gasteiger partial charge is 0.368 e. The van der Waals surface area contributed by atoms with Gasteiger partial charge in [0.05, 0.1) is 23.7 Å². The molecule has 7 atom stereocenters. The minimum atomic E-state index is -1.55. The van der Waals surface area contributed by atoms with Gasteiger partial charge in [-0.3, -0.25) is 4.79 Å². The second-order valence-corrected chi connectivity index (χ2v) is 14.6. The van der Waals surface area contributed by atoms with Crippen LogP contribution in [0.25, 0.3) is 11.8 Å². The fraction of sp³-hybridized carbons (Fsp3) is 0.500. The predicted octanol–water partition coefficient (Wildman–Crippen LogP) is 6.40. The van der Waals surface area contributed by atoms with E-state index in [1.807, 2.05) is 17.8 Å². The molecule has 0 spiro atoms. The molecule has 226 valence electrons.